The molecule has 0 saturated heterocycles. The maximum absolute atomic E-state index is 13.1. The summed E-state index contributed by atoms with van der Waals surface area (Å²) >= 11 is 6.58. The van der Waals surface area contributed by atoms with Crippen molar-refractivity contribution in [2.24, 2.45) is 0 Å². The number of hydrogen-bond acceptors (Lipinski definition) is 5. The minimum Gasteiger partial charge on any atom is -0.456 e. The largest absolute Gasteiger partial charge is 0.456 e. The third-order valence-electron chi connectivity index (χ3n) is 8.08. The zero-order valence-corrected chi connectivity index (χ0v) is 24.6. The number of nitrogens with zero attached hydrogens (tertiary/aromatic N) is 1. The van der Waals surface area contributed by atoms with Crippen LogP contribution < -0.4 is 15.0 Å². The summed E-state index contributed by atoms with van der Waals surface area (Å²) < 4.78 is 12.7. The molecule has 2 aliphatic rings. The number of unbranched alkanes of at least 4 members (excludes halogenated alkanes) is 2. The second-order valence-corrected chi connectivity index (χ2v) is 11.3. The highest BCUT2D eigenvalue weighted by molar-refractivity contribution is 6.31. The first-order valence-electron chi connectivity index (χ1n) is 14.5. The van der Waals surface area contributed by atoms with Crippen molar-refractivity contribution in [3.05, 3.63) is 112 Å². The minimum absolute atomic E-state index is 0.356. The Morgan fingerprint density at radius 2 is 1.49 bits per heavy atom. The van der Waals surface area contributed by atoms with Gasteiger partial charge >= 0.3 is 5.97 Å². The summed E-state index contributed by atoms with van der Waals surface area (Å²) in [7, 11) is 0. The topological polar surface area (TPSA) is 50.8 Å². The van der Waals surface area contributed by atoms with Gasteiger partial charge in [-0.1, -0.05) is 56.5 Å². The molecule has 1 unspecified atom stereocenters. The number of fused-ring (bicyclic) bond motifs is 6. The monoisotopic (exact) mass is 566 g/mol. The molecule has 0 aliphatic carbocycles. The van der Waals surface area contributed by atoms with Gasteiger partial charge in [-0.2, -0.15) is 0 Å². The molecule has 0 amide bonds. The summed E-state index contributed by atoms with van der Waals surface area (Å²) in [6, 6.07) is 25.9. The number of nitrogens with one attached hydrogen (secondary N) is 1. The van der Waals surface area contributed by atoms with Crippen molar-refractivity contribution in [2.75, 3.05) is 23.3 Å². The molecular formula is C35H35ClN2O3. The van der Waals surface area contributed by atoms with E-state index in [1.165, 1.54) is 31.4 Å². The molecule has 0 saturated carbocycles. The van der Waals surface area contributed by atoms with Crippen LogP contribution in [0.4, 0.5) is 17.1 Å². The van der Waals surface area contributed by atoms with E-state index in [2.05, 4.69) is 48.3 Å². The lowest BCUT2D eigenvalue weighted by Gasteiger charge is -2.37. The second kappa shape index (κ2) is 11.1. The molecule has 0 radical (unpaired) electrons. The highest BCUT2D eigenvalue weighted by atomic mass is 35.5. The summed E-state index contributed by atoms with van der Waals surface area (Å²) in [5, 5.41) is 4.13. The highest BCUT2D eigenvalue weighted by Crippen LogP contribution is 2.57. The van der Waals surface area contributed by atoms with Crippen LogP contribution in [0.1, 0.15) is 72.1 Å². The SMILES string of the molecule is CCCCN(CCCC)c1ccc(Nc2ccc3c(c2)Oc2cc(C)c(Cl)cc2C32OC(=O)c3ccccc32)cc1. The predicted octanol–water partition coefficient (Wildman–Crippen LogP) is 9.37. The number of esters is 1. The second-order valence-electron chi connectivity index (χ2n) is 10.9. The minimum atomic E-state index is -1.13. The van der Waals surface area contributed by atoms with Crippen LogP contribution in [-0.4, -0.2) is 19.1 Å². The van der Waals surface area contributed by atoms with E-state index >= 15 is 0 Å². The van der Waals surface area contributed by atoms with Crippen molar-refractivity contribution in [2.45, 2.75) is 52.1 Å². The van der Waals surface area contributed by atoms with Gasteiger partial charge in [0.2, 0.25) is 0 Å². The fourth-order valence-corrected chi connectivity index (χ4v) is 6.02. The molecule has 6 heteroatoms. The van der Waals surface area contributed by atoms with E-state index in [1.54, 1.807) is 0 Å². The molecule has 6 rings (SSSR count). The standard InChI is InChI=1S/C35H35ClN2O3/c1-4-6-18-38(19-7-5-2)26-15-12-24(13-16-26)37-25-14-17-29-33(21-25)40-32-20-23(3)31(36)22-30(32)35(29)28-11-9-8-10-27(28)34(39)41-35/h8-17,20-22,37H,4-7,18-19H2,1-3H3. The van der Waals surface area contributed by atoms with Gasteiger partial charge in [0.15, 0.2) is 5.60 Å². The summed E-state index contributed by atoms with van der Waals surface area (Å²) in [5.41, 5.74) is 5.73. The number of ether oxygens (including phenoxy) is 2. The molecule has 1 spiro atoms. The Kier molecular flexibility index (Phi) is 7.39. The van der Waals surface area contributed by atoms with Gasteiger partial charge in [-0.05, 0) is 79.9 Å². The van der Waals surface area contributed by atoms with Gasteiger partial charge < -0.3 is 19.7 Å². The summed E-state index contributed by atoms with van der Waals surface area (Å²) in [4.78, 5) is 15.6. The molecule has 1 N–H and O–H groups in total. The maximum atomic E-state index is 13.1. The smallest absolute Gasteiger partial charge is 0.340 e. The molecule has 5 nitrogen and oxygen atoms in total. The van der Waals surface area contributed by atoms with Crippen LogP contribution in [0.3, 0.4) is 0 Å². The average molecular weight is 567 g/mol. The lowest BCUT2D eigenvalue weighted by atomic mass is 9.77. The van der Waals surface area contributed by atoms with Gasteiger partial charge in [-0.3, -0.25) is 0 Å². The molecule has 210 valence electrons. The van der Waals surface area contributed by atoms with E-state index in [0.29, 0.717) is 22.1 Å². The quantitative estimate of drug-likeness (QED) is 0.204. The molecule has 1 atom stereocenters. The van der Waals surface area contributed by atoms with Gasteiger partial charge in [0.05, 0.1) is 5.56 Å². The van der Waals surface area contributed by atoms with Gasteiger partial charge in [-0.15, -0.1) is 0 Å². The molecular weight excluding hydrogens is 532 g/mol. The Morgan fingerprint density at radius 3 is 2.22 bits per heavy atom. The van der Waals surface area contributed by atoms with Crippen molar-refractivity contribution < 1.29 is 14.3 Å². The number of halogens is 1. The number of carbonyl (C=O) groups is 1. The Balaban J connectivity index is 1.34. The first-order chi connectivity index (χ1) is 19.9. The summed E-state index contributed by atoms with van der Waals surface area (Å²) in [5.74, 6) is 0.908. The van der Waals surface area contributed by atoms with Crippen LogP contribution >= 0.6 is 11.6 Å². The molecule has 2 heterocycles. The first-order valence-corrected chi connectivity index (χ1v) is 14.9. The Morgan fingerprint density at radius 1 is 0.805 bits per heavy atom. The third-order valence-corrected chi connectivity index (χ3v) is 8.48. The normalized spacial score (nSPS) is 16.4. The Hall–Kier alpha value is -3.96. The van der Waals surface area contributed by atoms with Crippen molar-refractivity contribution in [3.8, 4) is 11.5 Å². The first kappa shape index (κ1) is 27.2. The number of aryl methyl sites for hydroxylation is 1. The fourth-order valence-electron chi connectivity index (χ4n) is 5.86. The Bertz CT molecular complexity index is 1590. The lowest BCUT2D eigenvalue weighted by molar-refractivity contribution is 0.0224. The third kappa shape index (κ3) is 4.82. The highest BCUT2D eigenvalue weighted by Gasteiger charge is 2.53. The van der Waals surface area contributed by atoms with Crippen molar-refractivity contribution in [1.82, 2.24) is 0 Å². The van der Waals surface area contributed by atoms with Crippen LogP contribution in [0.5, 0.6) is 11.5 Å². The fraction of sp³-hybridized carbons (Fsp3) is 0.286. The predicted molar refractivity (Wildman–Crippen MR) is 166 cm³/mol. The van der Waals surface area contributed by atoms with Gasteiger partial charge in [0, 0.05) is 57.9 Å². The van der Waals surface area contributed by atoms with Crippen molar-refractivity contribution in [3.63, 3.8) is 0 Å². The van der Waals surface area contributed by atoms with Crippen LogP contribution in [0.15, 0.2) is 78.9 Å². The van der Waals surface area contributed by atoms with E-state index in [1.807, 2.05) is 61.5 Å². The number of benzene rings is 4. The van der Waals surface area contributed by atoms with Crippen LogP contribution in [-0.2, 0) is 10.3 Å². The zero-order chi connectivity index (χ0) is 28.6. The van der Waals surface area contributed by atoms with E-state index in [4.69, 9.17) is 21.1 Å². The van der Waals surface area contributed by atoms with Crippen molar-refractivity contribution in [1.29, 1.82) is 0 Å². The zero-order valence-electron chi connectivity index (χ0n) is 23.8. The molecule has 4 aromatic rings. The molecule has 4 aromatic carbocycles. The van der Waals surface area contributed by atoms with Crippen LogP contribution in [0, 0.1) is 6.92 Å². The molecule has 41 heavy (non-hydrogen) atoms. The van der Waals surface area contributed by atoms with Crippen LogP contribution in [0.25, 0.3) is 0 Å². The van der Waals surface area contributed by atoms with Gasteiger partial charge in [0.1, 0.15) is 11.5 Å². The number of rotatable bonds is 9. The summed E-state index contributed by atoms with van der Waals surface area (Å²) in [6.45, 7) is 8.56. The Labute approximate surface area is 247 Å². The molecule has 0 aromatic heterocycles. The molecule has 0 bridgehead atoms. The van der Waals surface area contributed by atoms with E-state index in [0.717, 1.165) is 46.7 Å². The van der Waals surface area contributed by atoms with Crippen molar-refractivity contribution >= 4 is 34.6 Å². The molecule has 0 fully saturated rings. The average Bonchev–Trinajstić information content (AvgIpc) is 3.27. The van der Waals surface area contributed by atoms with E-state index in [-0.39, 0.29) is 5.97 Å². The molecule has 2 aliphatic heterocycles. The number of anilines is 3. The van der Waals surface area contributed by atoms with Gasteiger partial charge in [-0.25, -0.2) is 4.79 Å². The van der Waals surface area contributed by atoms with E-state index < -0.39 is 5.60 Å². The number of hydrogen-bond donors (Lipinski definition) is 1. The number of carbonyl (C=O) groups excluding carboxylic acids is 1. The maximum Gasteiger partial charge on any atom is 0.340 e. The lowest BCUT2D eigenvalue weighted by Crippen LogP contribution is -2.33. The van der Waals surface area contributed by atoms with Gasteiger partial charge in [0.25, 0.3) is 0 Å². The van der Waals surface area contributed by atoms with Crippen LogP contribution in [0.2, 0.25) is 5.02 Å². The van der Waals surface area contributed by atoms with E-state index in [9.17, 15) is 4.79 Å². The summed E-state index contributed by atoms with van der Waals surface area (Å²) in [6.07, 6.45) is 4.75.